The first-order valence-electron chi connectivity index (χ1n) is 5.53. The van der Waals surface area contributed by atoms with Crippen LogP contribution in [0.4, 0.5) is 0 Å². The third-order valence-corrected chi connectivity index (χ3v) is 2.60. The van der Waals surface area contributed by atoms with Gasteiger partial charge in [0.25, 0.3) is 11.7 Å². The zero-order valence-electron chi connectivity index (χ0n) is 9.75. The quantitative estimate of drug-likeness (QED) is 0.761. The molecule has 1 aliphatic heterocycles. The van der Waals surface area contributed by atoms with E-state index in [9.17, 15) is 9.59 Å². The monoisotopic (exact) mass is 255 g/mol. The molecule has 0 bridgehead atoms. The maximum absolute atomic E-state index is 11.6. The first kappa shape index (κ1) is 12.5. The van der Waals surface area contributed by atoms with Gasteiger partial charge in [0.1, 0.15) is 0 Å². The summed E-state index contributed by atoms with van der Waals surface area (Å²) in [6.45, 7) is 1.82. The lowest BCUT2D eigenvalue weighted by atomic mass is 10.2. The highest BCUT2D eigenvalue weighted by Crippen LogP contribution is 2.19. The molecule has 1 amide bonds. The Hall–Kier alpha value is -1.96. The lowest BCUT2D eigenvalue weighted by Gasteiger charge is -2.11. The van der Waals surface area contributed by atoms with Crippen molar-refractivity contribution in [1.29, 1.82) is 0 Å². The van der Waals surface area contributed by atoms with Crippen LogP contribution in [0.1, 0.15) is 29.4 Å². The van der Waals surface area contributed by atoms with Crippen molar-refractivity contribution < 1.29 is 24.0 Å². The van der Waals surface area contributed by atoms with E-state index in [-0.39, 0.29) is 18.5 Å². The Morgan fingerprint density at radius 3 is 2.83 bits per heavy atom. The minimum atomic E-state index is -0.974. The van der Waals surface area contributed by atoms with Crippen molar-refractivity contribution in [3.05, 3.63) is 11.7 Å². The number of aryl methyl sites for hydroxylation is 1. The van der Waals surface area contributed by atoms with E-state index in [0.717, 1.165) is 0 Å². The smallest absolute Gasteiger partial charge is 0.332 e. The van der Waals surface area contributed by atoms with Crippen molar-refractivity contribution in [2.45, 2.75) is 32.0 Å². The fourth-order valence-corrected chi connectivity index (χ4v) is 1.71. The predicted molar refractivity (Wildman–Crippen MR) is 56.9 cm³/mol. The van der Waals surface area contributed by atoms with Crippen LogP contribution >= 0.6 is 0 Å². The molecular weight excluding hydrogens is 242 g/mol. The van der Waals surface area contributed by atoms with Gasteiger partial charge in [0, 0.05) is 13.5 Å². The molecule has 2 N–H and O–H groups in total. The van der Waals surface area contributed by atoms with Crippen LogP contribution in [0.3, 0.4) is 0 Å². The molecule has 8 nitrogen and oxygen atoms in total. The highest BCUT2D eigenvalue weighted by molar-refractivity contribution is 5.90. The topological polar surface area (TPSA) is 115 Å². The summed E-state index contributed by atoms with van der Waals surface area (Å²) in [5.74, 6) is -1.17. The minimum absolute atomic E-state index is 0.0414. The lowest BCUT2D eigenvalue weighted by molar-refractivity contribution is -0.149. The van der Waals surface area contributed by atoms with Crippen LogP contribution in [0.2, 0.25) is 0 Å². The molecule has 2 rings (SSSR count). The molecule has 0 aliphatic carbocycles. The Balaban J connectivity index is 1.79. The Morgan fingerprint density at radius 1 is 1.50 bits per heavy atom. The molecule has 1 fully saturated rings. The SMILES string of the molecule is Cc1nc(C(=O)NCC2CCC(C(=O)O)O2)no1. The third-order valence-electron chi connectivity index (χ3n) is 2.60. The summed E-state index contributed by atoms with van der Waals surface area (Å²) in [5, 5.41) is 14.8. The Morgan fingerprint density at radius 2 is 2.28 bits per heavy atom. The number of nitrogens with one attached hydrogen (secondary N) is 1. The Labute approximate surface area is 102 Å². The molecule has 2 unspecified atom stereocenters. The summed E-state index contributed by atoms with van der Waals surface area (Å²) in [6, 6.07) is 0. The van der Waals surface area contributed by atoms with Crippen molar-refractivity contribution in [2.75, 3.05) is 6.54 Å². The average Bonchev–Trinajstić information content (AvgIpc) is 2.94. The highest BCUT2D eigenvalue weighted by atomic mass is 16.5. The van der Waals surface area contributed by atoms with E-state index >= 15 is 0 Å². The number of ether oxygens (including phenoxy) is 1. The maximum atomic E-state index is 11.6. The van der Waals surface area contributed by atoms with Gasteiger partial charge in [-0.1, -0.05) is 5.16 Å². The van der Waals surface area contributed by atoms with E-state index in [1.54, 1.807) is 6.92 Å². The van der Waals surface area contributed by atoms with Gasteiger partial charge in [-0.05, 0) is 12.8 Å². The van der Waals surface area contributed by atoms with Gasteiger partial charge in [-0.15, -0.1) is 0 Å². The van der Waals surface area contributed by atoms with E-state index in [0.29, 0.717) is 18.7 Å². The number of hydrogen-bond donors (Lipinski definition) is 2. The van der Waals surface area contributed by atoms with E-state index < -0.39 is 18.0 Å². The number of amides is 1. The normalized spacial score (nSPS) is 22.9. The highest BCUT2D eigenvalue weighted by Gasteiger charge is 2.30. The van der Waals surface area contributed by atoms with Crippen molar-refractivity contribution in [1.82, 2.24) is 15.5 Å². The van der Waals surface area contributed by atoms with Crippen LogP contribution in [-0.2, 0) is 9.53 Å². The fourth-order valence-electron chi connectivity index (χ4n) is 1.71. The second kappa shape index (κ2) is 5.13. The van der Waals surface area contributed by atoms with Crippen LogP contribution in [0.25, 0.3) is 0 Å². The first-order valence-corrected chi connectivity index (χ1v) is 5.53. The van der Waals surface area contributed by atoms with Crippen molar-refractivity contribution >= 4 is 11.9 Å². The number of carboxylic acids is 1. The standard InChI is InChI=1S/C10H13N3O5/c1-5-12-8(13-18-5)9(14)11-4-6-2-3-7(17-6)10(15)16/h6-7H,2-4H2,1H3,(H,11,14)(H,15,16). The molecule has 2 heterocycles. The molecule has 0 spiro atoms. The van der Waals surface area contributed by atoms with Crippen molar-refractivity contribution in [3.8, 4) is 0 Å². The molecule has 0 saturated carbocycles. The van der Waals surface area contributed by atoms with Crippen molar-refractivity contribution in [2.24, 2.45) is 0 Å². The lowest BCUT2D eigenvalue weighted by Crippen LogP contribution is -2.33. The molecule has 1 aliphatic rings. The van der Waals surface area contributed by atoms with Crippen LogP contribution in [-0.4, -0.2) is 45.9 Å². The number of hydrogen-bond acceptors (Lipinski definition) is 6. The Bertz CT molecular complexity index is 458. The molecule has 1 saturated heterocycles. The molecule has 2 atom stereocenters. The maximum Gasteiger partial charge on any atom is 0.332 e. The molecular formula is C10H13N3O5. The summed E-state index contributed by atoms with van der Waals surface area (Å²) in [5.41, 5.74) is 0. The van der Waals surface area contributed by atoms with Gasteiger partial charge < -0.3 is 19.7 Å². The number of rotatable bonds is 4. The molecule has 0 radical (unpaired) electrons. The van der Waals surface area contributed by atoms with E-state index in [1.807, 2.05) is 0 Å². The molecule has 1 aromatic rings. The van der Waals surface area contributed by atoms with Gasteiger partial charge in [0.05, 0.1) is 6.10 Å². The molecule has 0 aromatic carbocycles. The van der Waals surface area contributed by atoms with Crippen LogP contribution < -0.4 is 5.32 Å². The number of aromatic nitrogens is 2. The van der Waals surface area contributed by atoms with E-state index in [4.69, 9.17) is 9.84 Å². The molecule has 98 valence electrons. The summed E-state index contributed by atoms with van der Waals surface area (Å²) in [7, 11) is 0. The van der Waals surface area contributed by atoms with Gasteiger partial charge >= 0.3 is 5.97 Å². The van der Waals surface area contributed by atoms with Gasteiger partial charge in [-0.2, -0.15) is 4.98 Å². The number of aliphatic carboxylic acids is 1. The second-order valence-corrected chi connectivity index (χ2v) is 4.01. The number of carboxylic acid groups (broad SMARTS) is 1. The summed E-state index contributed by atoms with van der Waals surface area (Å²) < 4.78 is 9.91. The van der Waals surface area contributed by atoms with E-state index in [2.05, 4.69) is 20.0 Å². The first-order chi connectivity index (χ1) is 8.56. The third kappa shape index (κ3) is 2.83. The predicted octanol–water partition coefficient (Wildman–Crippen LogP) is -0.260. The zero-order chi connectivity index (χ0) is 13.1. The summed E-state index contributed by atoms with van der Waals surface area (Å²) >= 11 is 0. The second-order valence-electron chi connectivity index (χ2n) is 4.01. The Kier molecular flexibility index (Phi) is 3.56. The fraction of sp³-hybridized carbons (Fsp3) is 0.600. The van der Waals surface area contributed by atoms with Crippen LogP contribution in [0.15, 0.2) is 4.52 Å². The van der Waals surface area contributed by atoms with Gasteiger partial charge in [0.15, 0.2) is 6.10 Å². The van der Waals surface area contributed by atoms with Crippen LogP contribution in [0.5, 0.6) is 0 Å². The van der Waals surface area contributed by atoms with Crippen LogP contribution in [0, 0.1) is 6.92 Å². The molecule has 18 heavy (non-hydrogen) atoms. The minimum Gasteiger partial charge on any atom is -0.479 e. The zero-order valence-corrected chi connectivity index (χ0v) is 9.75. The largest absolute Gasteiger partial charge is 0.479 e. The summed E-state index contributed by atoms with van der Waals surface area (Å²) in [4.78, 5) is 26.0. The number of carbonyl (C=O) groups is 2. The molecule has 8 heteroatoms. The van der Waals surface area contributed by atoms with Gasteiger partial charge in [0.2, 0.25) is 5.89 Å². The number of nitrogens with zero attached hydrogens (tertiary/aromatic N) is 2. The van der Waals surface area contributed by atoms with E-state index in [1.165, 1.54) is 0 Å². The average molecular weight is 255 g/mol. The summed E-state index contributed by atoms with van der Waals surface area (Å²) in [6.07, 6.45) is -0.0120. The van der Waals surface area contributed by atoms with Gasteiger partial charge in [-0.25, -0.2) is 4.79 Å². The van der Waals surface area contributed by atoms with Gasteiger partial charge in [-0.3, -0.25) is 4.79 Å². The van der Waals surface area contributed by atoms with Crippen molar-refractivity contribution in [3.63, 3.8) is 0 Å². The molecule has 1 aromatic heterocycles. The number of carbonyl (C=O) groups excluding carboxylic acids is 1.